The maximum atomic E-state index is 6.27. The lowest BCUT2D eigenvalue weighted by atomic mass is 9.97. The fourth-order valence-electron chi connectivity index (χ4n) is 2.60. The third-order valence-electron chi connectivity index (χ3n) is 3.73. The molecule has 4 heteroatoms. The molecule has 1 aliphatic heterocycles. The van der Waals surface area contributed by atoms with Gasteiger partial charge in [0.2, 0.25) is 0 Å². The molecule has 2 unspecified atom stereocenters. The Morgan fingerprint density at radius 3 is 2.95 bits per heavy atom. The summed E-state index contributed by atoms with van der Waals surface area (Å²) in [4.78, 5) is 0. The quantitative estimate of drug-likeness (QED) is 0.645. The highest BCUT2D eigenvalue weighted by Crippen LogP contribution is 2.22. The van der Waals surface area contributed by atoms with Gasteiger partial charge in [-0.2, -0.15) is 0 Å². The van der Waals surface area contributed by atoms with E-state index in [9.17, 15) is 0 Å². The van der Waals surface area contributed by atoms with Crippen molar-refractivity contribution in [1.82, 2.24) is 5.43 Å². The summed E-state index contributed by atoms with van der Waals surface area (Å²) in [5, 5.41) is 0.824. The summed E-state index contributed by atoms with van der Waals surface area (Å²) in [6, 6.07) is 6.39. The third-order valence-corrected chi connectivity index (χ3v) is 4.08. The molecule has 3 nitrogen and oxygen atoms in total. The van der Waals surface area contributed by atoms with Crippen molar-refractivity contribution in [3.63, 3.8) is 0 Å². The number of hydrogen-bond acceptors (Lipinski definition) is 3. The molecule has 0 aromatic heterocycles. The summed E-state index contributed by atoms with van der Waals surface area (Å²) >= 11 is 6.27. The number of halogens is 1. The van der Waals surface area contributed by atoms with E-state index >= 15 is 0 Å². The van der Waals surface area contributed by atoms with Crippen LogP contribution in [0.2, 0.25) is 5.02 Å². The fraction of sp³-hybridized carbons (Fsp3) is 0.600. The van der Waals surface area contributed by atoms with Gasteiger partial charge in [-0.1, -0.05) is 23.7 Å². The normalized spacial score (nSPS) is 21.3. The molecule has 0 saturated carbocycles. The van der Waals surface area contributed by atoms with Crippen LogP contribution in [-0.2, 0) is 11.2 Å². The first kappa shape index (κ1) is 14.8. The molecule has 1 fully saturated rings. The van der Waals surface area contributed by atoms with E-state index in [0.29, 0.717) is 6.10 Å². The first-order valence-corrected chi connectivity index (χ1v) is 7.39. The smallest absolute Gasteiger partial charge is 0.0590 e. The molecule has 0 aliphatic carbocycles. The Bertz CT molecular complexity index is 405. The second-order valence-corrected chi connectivity index (χ2v) is 5.79. The Balaban J connectivity index is 1.94. The molecule has 1 aromatic carbocycles. The molecule has 0 spiro atoms. The van der Waals surface area contributed by atoms with Crippen LogP contribution in [0.3, 0.4) is 0 Å². The minimum absolute atomic E-state index is 0.211. The SMILES string of the molecule is Cc1ccc(CC(CC2CCCCO2)NN)c(Cl)c1. The Kier molecular flexibility index (Phi) is 5.64. The highest BCUT2D eigenvalue weighted by atomic mass is 35.5. The van der Waals surface area contributed by atoms with Crippen LogP contribution in [0.4, 0.5) is 0 Å². The molecule has 0 radical (unpaired) electrons. The zero-order valence-electron chi connectivity index (χ0n) is 11.5. The topological polar surface area (TPSA) is 47.3 Å². The average Bonchev–Trinajstić information content (AvgIpc) is 2.42. The largest absolute Gasteiger partial charge is 0.378 e. The molecule has 19 heavy (non-hydrogen) atoms. The lowest BCUT2D eigenvalue weighted by molar-refractivity contribution is 0.00524. The van der Waals surface area contributed by atoms with Gasteiger partial charge in [0.15, 0.2) is 0 Å². The molecule has 2 atom stereocenters. The number of benzene rings is 1. The molecule has 2 rings (SSSR count). The van der Waals surface area contributed by atoms with Gasteiger partial charge in [0, 0.05) is 17.7 Å². The zero-order chi connectivity index (χ0) is 13.7. The summed E-state index contributed by atoms with van der Waals surface area (Å²) in [7, 11) is 0. The summed E-state index contributed by atoms with van der Waals surface area (Å²) in [6.07, 6.45) is 5.70. The maximum absolute atomic E-state index is 6.27. The Morgan fingerprint density at radius 1 is 1.47 bits per heavy atom. The van der Waals surface area contributed by atoms with Crippen molar-refractivity contribution in [2.24, 2.45) is 5.84 Å². The highest BCUT2D eigenvalue weighted by Gasteiger charge is 2.19. The van der Waals surface area contributed by atoms with E-state index < -0.39 is 0 Å². The predicted octanol–water partition coefficient (Wildman–Crippen LogP) is 2.98. The van der Waals surface area contributed by atoms with E-state index in [2.05, 4.69) is 17.6 Å². The van der Waals surface area contributed by atoms with E-state index in [1.165, 1.54) is 18.4 Å². The van der Waals surface area contributed by atoms with Crippen molar-refractivity contribution < 1.29 is 4.74 Å². The number of aryl methyl sites for hydroxylation is 1. The van der Waals surface area contributed by atoms with Gasteiger partial charge in [0.05, 0.1) is 6.10 Å². The number of ether oxygens (including phenoxy) is 1. The van der Waals surface area contributed by atoms with Crippen LogP contribution in [0.25, 0.3) is 0 Å². The molecule has 1 aliphatic rings. The predicted molar refractivity (Wildman–Crippen MR) is 79.2 cm³/mol. The van der Waals surface area contributed by atoms with E-state index in [0.717, 1.165) is 36.5 Å². The van der Waals surface area contributed by atoms with Gasteiger partial charge in [-0.05, 0) is 56.2 Å². The number of nitrogens with two attached hydrogens (primary N) is 1. The van der Waals surface area contributed by atoms with Gasteiger partial charge in [0.25, 0.3) is 0 Å². The second kappa shape index (κ2) is 7.25. The van der Waals surface area contributed by atoms with Crippen molar-refractivity contribution in [1.29, 1.82) is 0 Å². The van der Waals surface area contributed by atoms with Gasteiger partial charge in [-0.3, -0.25) is 11.3 Å². The average molecular weight is 283 g/mol. The number of nitrogens with one attached hydrogen (secondary N) is 1. The van der Waals surface area contributed by atoms with Crippen LogP contribution in [0.15, 0.2) is 18.2 Å². The van der Waals surface area contributed by atoms with Crippen molar-refractivity contribution in [3.05, 3.63) is 34.3 Å². The van der Waals surface area contributed by atoms with E-state index in [1.807, 2.05) is 13.0 Å². The van der Waals surface area contributed by atoms with E-state index in [-0.39, 0.29) is 6.04 Å². The highest BCUT2D eigenvalue weighted by molar-refractivity contribution is 6.31. The second-order valence-electron chi connectivity index (χ2n) is 5.39. The summed E-state index contributed by atoms with van der Waals surface area (Å²) in [5.41, 5.74) is 5.23. The Labute approximate surface area is 120 Å². The van der Waals surface area contributed by atoms with Crippen LogP contribution >= 0.6 is 11.6 Å². The molecule has 0 bridgehead atoms. The summed E-state index contributed by atoms with van der Waals surface area (Å²) < 4.78 is 5.77. The lowest BCUT2D eigenvalue weighted by Crippen LogP contribution is -2.40. The zero-order valence-corrected chi connectivity index (χ0v) is 12.2. The van der Waals surface area contributed by atoms with E-state index in [1.54, 1.807) is 0 Å². The summed E-state index contributed by atoms with van der Waals surface area (Å²) in [5.74, 6) is 5.67. The van der Waals surface area contributed by atoms with Crippen molar-refractivity contribution in [2.45, 2.75) is 51.2 Å². The van der Waals surface area contributed by atoms with Crippen LogP contribution in [0.5, 0.6) is 0 Å². The fourth-order valence-corrected chi connectivity index (χ4v) is 2.92. The van der Waals surface area contributed by atoms with Crippen molar-refractivity contribution in [3.8, 4) is 0 Å². The minimum atomic E-state index is 0.211. The monoisotopic (exact) mass is 282 g/mol. The molecule has 1 heterocycles. The van der Waals surface area contributed by atoms with Crippen LogP contribution in [0, 0.1) is 6.92 Å². The maximum Gasteiger partial charge on any atom is 0.0590 e. The number of hydrazine groups is 1. The third kappa shape index (κ3) is 4.46. The van der Waals surface area contributed by atoms with Crippen molar-refractivity contribution in [2.75, 3.05) is 6.61 Å². The van der Waals surface area contributed by atoms with Gasteiger partial charge in [-0.25, -0.2) is 0 Å². The van der Waals surface area contributed by atoms with Crippen LogP contribution in [0.1, 0.15) is 36.8 Å². The molecule has 0 amide bonds. The molecule has 1 saturated heterocycles. The first-order valence-electron chi connectivity index (χ1n) is 7.02. The van der Waals surface area contributed by atoms with Gasteiger partial charge in [-0.15, -0.1) is 0 Å². The standard InChI is InChI=1S/C15H23ClN2O/c1-11-5-6-12(15(16)8-11)9-13(18-17)10-14-4-2-3-7-19-14/h5-6,8,13-14,18H,2-4,7,9-10,17H2,1H3. The Morgan fingerprint density at radius 2 is 2.32 bits per heavy atom. The summed E-state index contributed by atoms with van der Waals surface area (Å²) in [6.45, 7) is 2.93. The van der Waals surface area contributed by atoms with E-state index in [4.69, 9.17) is 22.2 Å². The minimum Gasteiger partial charge on any atom is -0.378 e. The van der Waals surface area contributed by atoms with Gasteiger partial charge >= 0.3 is 0 Å². The molecule has 3 N–H and O–H groups in total. The van der Waals surface area contributed by atoms with Crippen molar-refractivity contribution >= 4 is 11.6 Å². The molecule has 106 valence electrons. The molecule has 1 aromatic rings. The molecular weight excluding hydrogens is 260 g/mol. The first-order chi connectivity index (χ1) is 9.19. The Hall–Kier alpha value is -0.610. The van der Waals surface area contributed by atoms with Crippen LogP contribution < -0.4 is 11.3 Å². The molecular formula is C15H23ClN2O. The number of rotatable bonds is 5. The number of hydrogen-bond donors (Lipinski definition) is 2. The van der Waals surface area contributed by atoms with Crippen LogP contribution in [-0.4, -0.2) is 18.8 Å². The van der Waals surface area contributed by atoms with Gasteiger partial charge < -0.3 is 4.74 Å². The van der Waals surface area contributed by atoms with Gasteiger partial charge in [0.1, 0.15) is 0 Å². The lowest BCUT2D eigenvalue weighted by Gasteiger charge is -2.27.